The van der Waals surface area contributed by atoms with Crippen LogP contribution < -0.4 is 0 Å². The van der Waals surface area contributed by atoms with Crippen LogP contribution in [0.15, 0.2) is 0 Å². The molecule has 1 amide bonds. The van der Waals surface area contributed by atoms with Gasteiger partial charge in [0.2, 0.25) is 0 Å². The Kier molecular flexibility index (Phi) is 7.34. The van der Waals surface area contributed by atoms with Gasteiger partial charge in [-0.05, 0) is 19.8 Å². The summed E-state index contributed by atoms with van der Waals surface area (Å²) in [5.74, 6) is 0.111. The highest BCUT2D eigenvalue weighted by Crippen LogP contribution is 2.09. The Hall–Kier alpha value is -0.650. The zero-order valence-corrected chi connectivity index (χ0v) is 12.5. The minimum atomic E-state index is -0.294. The van der Waals surface area contributed by atoms with Crippen LogP contribution in [0, 0.1) is 0 Å². The molecule has 19 heavy (non-hydrogen) atoms. The van der Waals surface area contributed by atoms with Crippen molar-refractivity contribution in [3.8, 4) is 0 Å². The summed E-state index contributed by atoms with van der Waals surface area (Å²) in [6.07, 6.45) is 0.954. The number of β-amino-alcohol motifs (C(OH)–C–C–N with tert-alkyl or cyclic N) is 1. The number of nitrogens with zero attached hydrogens (tertiary/aromatic N) is 2. The number of carbonyl (C=O) groups excluding carboxylic acids is 1. The Bertz CT molecular complexity index is 265. The Labute approximate surface area is 116 Å². The van der Waals surface area contributed by atoms with Crippen molar-refractivity contribution in [2.45, 2.75) is 45.8 Å². The predicted octanol–water partition coefficient (Wildman–Crippen LogP) is 0.717. The van der Waals surface area contributed by atoms with E-state index < -0.39 is 0 Å². The first-order valence-corrected chi connectivity index (χ1v) is 7.43. The zero-order valence-electron chi connectivity index (χ0n) is 12.5. The van der Waals surface area contributed by atoms with Gasteiger partial charge in [-0.2, -0.15) is 0 Å². The van der Waals surface area contributed by atoms with Crippen LogP contribution in [0.25, 0.3) is 0 Å². The maximum absolute atomic E-state index is 12.2. The first-order chi connectivity index (χ1) is 9.12. The Morgan fingerprint density at radius 2 is 1.79 bits per heavy atom. The van der Waals surface area contributed by atoms with Crippen LogP contribution in [-0.4, -0.2) is 72.4 Å². The van der Waals surface area contributed by atoms with Gasteiger partial charge in [0, 0.05) is 39.3 Å². The predicted molar refractivity (Wildman–Crippen MR) is 75.0 cm³/mol. The van der Waals surface area contributed by atoms with E-state index in [1.54, 1.807) is 0 Å². The van der Waals surface area contributed by atoms with Crippen LogP contribution in [0.2, 0.25) is 0 Å². The highest BCUT2D eigenvalue weighted by atomic mass is 16.5. The summed E-state index contributed by atoms with van der Waals surface area (Å²) in [5, 5.41) is 9.64. The second kappa shape index (κ2) is 8.51. The molecule has 5 nitrogen and oxygen atoms in total. The van der Waals surface area contributed by atoms with E-state index >= 15 is 0 Å². The van der Waals surface area contributed by atoms with Crippen molar-refractivity contribution in [1.29, 1.82) is 0 Å². The lowest BCUT2D eigenvalue weighted by atomic mass is 10.2. The minimum absolute atomic E-state index is 0.111. The van der Waals surface area contributed by atoms with Crippen LogP contribution in [0.3, 0.4) is 0 Å². The average Bonchev–Trinajstić information content (AvgIpc) is 2.44. The maximum Gasteiger partial charge on any atom is 0.251 e. The van der Waals surface area contributed by atoms with Crippen LogP contribution in [-0.2, 0) is 9.53 Å². The van der Waals surface area contributed by atoms with E-state index in [1.807, 2.05) is 25.7 Å². The number of rotatable bonds is 7. The lowest BCUT2D eigenvalue weighted by Crippen LogP contribution is -2.52. The number of hydrogen-bond donors (Lipinski definition) is 1. The number of aliphatic hydroxyl groups is 1. The van der Waals surface area contributed by atoms with Crippen LogP contribution >= 0.6 is 0 Å². The topological polar surface area (TPSA) is 53.0 Å². The molecular formula is C14H28N2O3. The molecule has 1 aliphatic heterocycles. The van der Waals surface area contributed by atoms with Gasteiger partial charge in [0.25, 0.3) is 5.91 Å². The van der Waals surface area contributed by atoms with Gasteiger partial charge < -0.3 is 14.7 Å². The molecule has 1 rings (SSSR count). The number of amides is 1. The molecule has 0 saturated carbocycles. The Morgan fingerprint density at radius 3 is 2.26 bits per heavy atom. The van der Waals surface area contributed by atoms with Gasteiger partial charge in [0.05, 0.1) is 6.10 Å². The summed E-state index contributed by atoms with van der Waals surface area (Å²) in [7, 11) is 0. The molecule has 0 aromatic carbocycles. The monoisotopic (exact) mass is 272 g/mol. The number of piperazine rings is 1. The first-order valence-electron chi connectivity index (χ1n) is 7.43. The van der Waals surface area contributed by atoms with E-state index in [1.165, 1.54) is 0 Å². The molecule has 0 spiro atoms. The van der Waals surface area contributed by atoms with Crippen molar-refractivity contribution in [2.24, 2.45) is 0 Å². The van der Waals surface area contributed by atoms with E-state index in [0.717, 1.165) is 39.0 Å². The lowest BCUT2D eigenvalue weighted by Gasteiger charge is -2.36. The fraction of sp³-hybridized carbons (Fsp3) is 0.929. The van der Waals surface area contributed by atoms with Crippen molar-refractivity contribution >= 4 is 5.91 Å². The number of aliphatic hydroxyl groups excluding tert-OH is 1. The highest BCUT2D eigenvalue weighted by molar-refractivity contribution is 5.81. The first kappa shape index (κ1) is 16.4. The Morgan fingerprint density at radius 1 is 1.16 bits per heavy atom. The molecule has 2 atom stereocenters. The number of carbonyl (C=O) groups is 1. The molecule has 1 N–H and O–H groups in total. The zero-order chi connectivity index (χ0) is 14.3. The summed E-state index contributed by atoms with van der Waals surface area (Å²) in [6, 6.07) is 0. The van der Waals surface area contributed by atoms with Crippen molar-refractivity contribution in [1.82, 2.24) is 9.80 Å². The molecule has 0 bridgehead atoms. The Balaban J connectivity index is 2.38. The van der Waals surface area contributed by atoms with Gasteiger partial charge in [0.15, 0.2) is 0 Å². The van der Waals surface area contributed by atoms with E-state index in [-0.39, 0.29) is 18.1 Å². The second-order valence-electron chi connectivity index (χ2n) is 5.04. The summed E-state index contributed by atoms with van der Waals surface area (Å²) in [5.41, 5.74) is 0. The smallest absolute Gasteiger partial charge is 0.251 e. The van der Waals surface area contributed by atoms with Crippen LogP contribution in [0.1, 0.15) is 33.6 Å². The summed E-state index contributed by atoms with van der Waals surface area (Å²) >= 11 is 0. The van der Waals surface area contributed by atoms with E-state index in [2.05, 4.69) is 4.90 Å². The molecule has 112 valence electrons. The SMILES string of the molecule is CCO[C@H](CC)C(=O)N1CCN(C[C@H](O)CC)CC1. The summed E-state index contributed by atoms with van der Waals surface area (Å²) in [4.78, 5) is 16.3. The molecule has 5 heteroatoms. The quantitative estimate of drug-likeness (QED) is 0.742. The number of ether oxygens (including phenoxy) is 1. The minimum Gasteiger partial charge on any atom is -0.392 e. The molecule has 0 aromatic rings. The van der Waals surface area contributed by atoms with Crippen molar-refractivity contribution in [3.63, 3.8) is 0 Å². The molecule has 1 heterocycles. The van der Waals surface area contributed by atoms with E-state index in [4.69, 9.17) is 4.74 Å². The second-order valence-corrected chi connectivity index (χ2v) is 5.04. The third kappa shape index (κ3) is 5.09. The molecule has 0 aliphatic carbocycles. The van der Waals surface area contributed by atoms with Crippen molar-refractivity contribution in [2.75, 3.05) is 39.3 Å². The fourth-order valence-electron chi connectivity index (χ4n) is 2.35. The summed E-state index contributed by atoms with van der Waals surface area (Å²) in [6.45, 7) is 10.3. The number of hydrogen-bond acceptors (Lipinski definition) is 4. The molecule has 0 unspecified atom stereocenters. The van der Waals surface area contributed by atoms with Crippen molar-refractivity contribution < 1.29 is 14.6 Å². The molecule has 1 saturated heterocycles. The van der Waals surface area contributed by atoms with Crippen LogP contribution in [0.4, 0.5) is 0 Å². The van der Waals surface area contributed by atoms with E-state index in [0.29, 0.717) is 13.2 Å². The van der Waals surface area contributed by atoms with Gasteiger partial charge in [-0.25, -0.2) is 0 Å². The van der Waals surface area contributed by atoms with Gasteiger partial charge in [-0.3, -0.25) is 9.69 Å². The molecule has 1 aliphatic rings. The lowest BCUT2D eigenvalue weighted by molar-refractivity contribution is -0.145. The van der Waals surface area contributed by atoms with Gasteiger partial charge in [-0.1, -0.05) is 13.8 Å². The van der Waals surface area contributed by atoms with Crippen molar-refractivity contribution in [3.05, 3.63) is 0 Å². The van der Waals surface area contributed by atoms with Gasteiger partial charge in [0.1, 0.15) is 6.10 Å². The average molecular weight is 272 g/mol. The molecule has 1 fully saturated rings. The largest absolute Gasteiger partial charge is 0.392 e. The normalized spacial score (nSPS) is 20.3. The van der Waals surface area contributed by atoms with Gasteiger partial charge in [-0.15, -0.1) is 0 Å². The molecular weight excluding hydrogens is 244 g/mol. The summed E-state index contributed by atoms with van der Waals surface area (Å²) < 4.78 is 5.47. The third-order valence-corrected chi connectivity index (χ3v) is 3.64. The standard InChI is InChI=1S/C14H28N2O3/c1-4-12(17)11-15-7-9-16(10-8-15)14(18)13(5-2)19-6-3/h12-13,17H,4-11H2,1-3H3/t12-,13-/m1/s1. The molecule has 0 radical (unpaired) electrons. The van der Waals surface area contributed by atoms with Gasteiger partial charge >= 0.3 is 0 Å². The third-order valence-electron chi connectivity index (χ3n) is 3.64. The fourth-order valence-corrected chi connectivity index (χ4v) is 2.35. The van der Waals surface area contributed by atoms with E-state index in [9.17, 15) is 9.90 Å². The molecule has 0 aromatic heterocycles. The highest BCUT2D eigenvalue weighted by Gasteiger charge is 2.27. The maximum atomic E-state index is 12.2. The van der Waals surface area contributed by atoms with Crippen LogP contribution in [0.5, 0.6) is 0 Å².